The number of aromatic amines is 1. The van der Waals surface area contributed by atoms with Crippen LogP contribution in [0.2, 0.25) is 0 Å². The van der Waals surface area contributed by atoms with Crippen LogP contribution in [0, 0.1) is 0 Å². The SMILES string of the molecule is Nc1ccc(N2CC(CN3CCN(CCC(=O)c4ccc5[nH]c(=O)oc5c4)CC3)OC2=O)cc1. The van der Waals surface area contributed by atoms with Crippen LogP contribution in [0.15, 0.2) is 51.7 Å². The Morgan fingerprint density at radius 2 is 1.76 bits per heavy atom. The highest BCUT2D eigenvalue weighted by molar-refractivity contribution is 5.98. The number of nitrogens with two attached hydrogens (primary N) is 1. The molecule has 1 unspecified atom stereocenters. The normalized spacial score (nSPS) is 19.6. The number of anilines is 2. The van der Waals surface area contributed by atoms with Crippen LogP contribution < -0.4 is 16.4 Å². The predicted molar refractivity (Wildman–Crippen MR) is 127 cm³/mol. The summed E-state index contributed by atoms with van der Waals surface area (Å²) in [4.78, 5) is 45.0. The topological polar surface area (TPSA) is 125 Å². The first-order valence-electron chi connectivity index (χ1n) is 11.4. The molecule has 2 saturated heterocycles. The van der Waals surface area contributed by atoms with E-state index in [0.717, 1.165) is 31.9 Å². The maximum absolute atomic E-state index is 12.6. The lowest BCUT2D eigenvalue weighted by atomic mass is 10.1. The second kappa shape index (κ2) is 9.32. The number of oxazole rings is 1. The molecule has 0 spiro atoms. The number of aromatic nitrogens is 1. The quantitative estimate of drug-likeness (QED) is 0.401. The zero-order valence-corrected chi connectivity index (χ0v) is 18.7. The Hall–Kier alpha value is -3.63. The van der Waals surface area contributed by atoms with E-state index in [1.807, 2.05) is 12.1 Å². The van der Waals surface area contributed by atoms with E-state index in [-0.39, 0.29) is 18.0 Å². The Morgan fingerprint density at radius 3 is 2.53 bits per heavy atom. The number of cyclic esters (lactones) is 1. The first kappa shape index (κ1) is 22.2. The van der Waals surface area contributed by atoms with E-state index >= 15 is 0 Å². The summed E-state index contributed by atoms with van der Waals surface area (Å²) in [6.45, 7) is 5.28. The lowest BCUT2D eigenvalue weighted by Crippen LogP contribution is -2.49. The zero-order valence-electron chi connectivity index (χ0n) is 18.7. The molecule has 178 valence electrons. The molecule has 0 bridgehead atoms. The minimum atomic E-state index is -0.525. The van der Waals surface area contributed by atoms with Gasteiger partial charge in [-0.2, -0.15) is 0 Å². The van der Waals surface area contributed by atoms with Gasteiger partial charge in [0.15, 0.2) is 11.4 Å². The van der Waals surface area contributed by atoms with E-state index in [1.165, 1.54) is 0 Å². The number of nitrogens with one attached hydrogen (secondary N) is 1. The number of nitrogen functional groups attached to an aromatic ring is 1. The van der Waals surface area contributed by atoms with Crippen LogP contribution in [0.1, 0.15) is 16.8 Å². The minimum absolute atomic E-state index is 0.0220. The Labute approximate surface area is 195 Å². The van der Waals surface area contributed by atoms with Gasteiger partial charge < -0.3 is 19.8 Å². The summed E-state index contributed by atoms with van der Waals surface area (Å²) >= 11 is 0. The molecule has 10 heteroatoms. The van der Waals surface area contributed by atoms with Crippen LogP contribution in [0.25, 0.3) is 11.1 Å². The highest BCUT2D eigenvalue weighted by atomic mass is 16.6. The van der Waals surface area contributed by atoms with Gasteiger partial charge in [-0.1, -0.05) is 0 Å². The molecule has 3 N–H and O–H groups in total. The van der Waals surface area contributed by atoms with Crippen molar-refractivity contribution in [2.24, 2.45) is 0 Å². The standard InChI is InChI=1S/C24H27N5O5/c25-17-2-4-18(5-3-17)29-15-19(33-24(29)32)14-28-11-9-27(10-12-28)8-7-21(30)16-1-6-20-22(13-16)34-23(31)26-20/h1-6,13,19H,7-12,14-15,25H2,(H,26,31). The number of ketones is 1. The summed E-state index contributed by atoms with van der Waals surface area (Å²) < 4.78 is 10.6. The van der Waals surface area contributed by atoms with E-state index in [2.05, 4.69) is 14.8 Å². The van der Waals surface area contributed by atoms with Crippen molar-refractivity contribution in [1.82, 2.24) is 14.8 Å². The number of Topliss-reactive ketones (excluding diaryl/α,β-unsaturated/α-hetero) is 1. The van der Waals surface area contributed by atoms with E-state index < -0.39 is 5.76 Å². The van der Waals surface area contributed by atoms with Crippen LogP contribution in [0.3, 0.4) is 0 Å². The molecule has 34 heavy (non-hydrogen) atoms. The summed E-state index contributed by atoms with van der Waals surface area (Å²) in [5.74, 6) is -0.503. The molecule has 3 heterocycles. The number of nitrogens with zero attached hydrogens (tertiary/aromatic N) is 3. The van der Waals surface area contributed by atoms with Gasteiger partial charge in [-0.15, -0.1) is 0 Å². The fourth-order valence-corrected chi connectivity index (χ4v) is 4.49. The summed E-state index contributed by atoms with van der Waals surface area (Å²) in [7, 11) is 0. The number of hydrogen-bond acceptors (Lipinski definition) is 8. The number of H-pyrrole nitrogens is 1. The Bertz CT molecular complexity index is 1240. The number of piperazine rings is 1. The second-order valence-corrected chi connectivity index (χ2v) is 8.75. The van der Waals surface area contributed by atoms with Gasteiger partial charge in [-0.3, -0.25) is 19.6 Å². The zero-order chi connectivity index (χ0) is 23.7. The molecule has 1 aromatic heterocycles. The maximum atomic E-state index is 12.6. The largest absolute Gasteiger partial charge is 0.443 e. The Kier molecular flexibility index (Phi) is 6.08. The van der Waals surface area contributed by atoms with Gasteiger partial charge in [0.1, 0.15) is 6.10 Å². The van der Waals surface area contributed by atoms with Crippen LogP contribution in [0.5, 0.6) is 0 Å². The van der Waals surface area contributed by atoms with Gasteiger partial charge in [0.25, 0.3) is 0 Å². The number of benzene rings is 2. The van der Waals surface area contributed by atoms with Crippen LogP contribution >= 0.6 is 0 Å². The lowest BCUT2D eigenvalue weighted by Gasteiger charge is -2.35. The monoisotopic (exact) mass is 465 g/mol. The van der Waals surface area contributed by atoms with Crippen molar-refractivity contribution >= 4 is 34.4 Å². The molecule has 2 fully saturated rings. The highest BCUT2D eigenvalue weighted by Gasteiger charge is 2.34. The summed E-state index contributed by atoms with van der Waals surface area (Å²) in [6, 6.07) is 12.2. The average molecular weight is 466 g/mol. The van der Waals surface area contributed by atoms with E-state index in [1.54, 1.807) is 35.2 Å². The number of fused-ring (bicyclic) bond motifs is 1. The highest BCUT2D eigenvalue weighted by Crippen LogP contribution is 2.23. The van der Waals surface area contributed by atoms with E-state index in [4.69, 9.17) is 14.9 Å². The maximum Gasteiger partial charge on any atom is 0.417 e. The van der Waals surface area contributed by atoms with Crippen molar-refractivity contribution in [1.29, 1.82) is 0 Å². The van der Waals surface area contributed by atoms with Crippen molar-refractivity contribution in [3.8, 4) is 0 Å². The molecule has 2 aromatic carbocycles. The van der Waals surface area contributed by atoms with Crippen LogP contribution in [0.4, 0.5) is 16.2 Å². The first-order valence-corrected chi connectivity index (χ1v) is 11.4. The third-order valence-electron chi connectivity index (χ3n) is 6.40. The molecule has 2 aliphatic rings. The number of carbonyl (C=O) groups excluding carboxylic acids is 2. The van der Waals surface area contributed by atoms with Crippen LogP contribution in [-0.2, 0) is 4.74 Å². The first-order chi connectivity index (χ1) is 16.4. The van der Waals surface area contributed by atoms with Crippen molar-refractivity contribution in [3.63, 3.8) is 0 Å². The van der Waals surface area contributed by atoms with E-state index in [9.17, 15) is 14.4 Å². The Morgan fingerprint density at radius 1 is 1.03 bits per heavy atom. The van der Waals surface area contributed by atoms with Crippen molar-refractivity contribution in [3.05, 3.63) is 58.6 Å². The smallest absolute Gasteiger partial charge is 0.417 e. The summed E-state index contributed by atoms with van der Waals surface area (Å²) in [5.41, 5.74) is 8.70. The third-order valence-corrected chi connectivity index (χ3v) is 6.40. The van der Waals surface area contributed by atoms with Gasteiger partial charge in [0, 0.05) is 62.6 Å². The molecule has 1 amide bonds. The van der Waals surface area contributed by atoms with Crippen molar-refractivity contribution in [2.75, 3.05) is 56.4 Å². The summed E-state index contributed by atoms with van der Waals surface area (Å²) in [6.07, 6.45) is -0.109. The van der Waals surface area contributed by atoms with Gasteiger partial charge >= 0.3 is 11.8 Å². The van der Waals surface area contributed by atoms with Gasteiger partial charge in [0.05, 0.1) is 12.1 Å². The molecule has 3 aromatic rings. The van der Waals surface area contributed by atoms with Gasteiger partial charge in [0.2, 0.25) is 0 Å². The number of rotatable bonds is 7. The number of amides is 1. The van der Waals surface area contributed by atoms with Crippen LogP contribution in [-0.4, -0.2) is 78.6 Å². The molecule has 0 radical (unpaired) electrons. The molecular weight excluding hydrogens is 438 g/mol. The van der Waals surface area contributed by atoms with E-state index in [0.29, 0.717) is 48.4 Å². The number of ether oxygens (including phenoxy) is 1. The fourth-order valence-electron chi connectivity index (χ4n) is 4.49. The summed E-state index contributed by atoms with van der Waals surface area (Å²) in [5, 5.41) is 0. The molecule has 0 saturated carbocycles. The molecular formula is C24H27N5O5. The van der Waals surface area contributed by atoms with Crippen molar-refractivity contribution in [2.45, 2.75) is 12.5 Å². The van der Waals surface area contributed by atoms with Gasteiger partial charge in [-0.05, 0) is 42.5 Å². The molecule has 1 atom stereocenters. The lowest BCUT2D eigenvalue weighted by molar-refractivity contribution is 0.0744. The molecule has 2 aliphatic heterocycles. The second-order valence-electron chi connectivity index (χ2n) is 8.75. The minimum Gasteiger partial charge on any atom is -0.443 e. The predicted octanol–water partition coefficient (Wildman–Crippen LogP) is 1.92. The number of carbonyl (C=O) groups is 2. The molecule has 5 rings (SSSR count). The Balaban J connectivity index is 1.07. The molecule has 0 aliphatic carbocycles. The number of hydrogen-bond donors (Lipinski definition) is 2. The average Bonchev–Trinajstić information content (AvgIpc) is 3.39. The third kappa shape index (κ3) is 4.82. The molecule has 10 nitrogen and oxygen atoms in total. The van der Waals surface area contributed by atoms with Gasteiger partial charge in [-0.25, -0.2) is 9.59 Å². The fraction of sp³-hybridized carbons (Fsp3) is 0.375. The van der Waals surface area contributed by atoms with Crippen molar-refractivity contribution < 1.29 is 18.7 Å².